The molecule has 4 heteroatoms. The largest absolute Gasteiger partial charge is 0.310 e. The minimum absolute atomic E-state index is 0.253. The molecular formula is C69H48N4. The van der Waals surface area contributed by atoms with Crippen molar-refractivity contribution in [2.45, 2.75) is 19.3 Å². The number of hydrogen-bond donors (Lipinski definition) is 0. The lowest BCUT2D eigenvalue weighted by Gasteiger charge is -2.28. The quantitative estimate of drug-likeness (QED) is 0.156. The Labute approximate surface area is 423 Å². The van der Waals surface area contributed by atoms with Crippen LogP contribution < -0.4 is 4.90 Å². The average Bonchev–Trinajstić information content (AvgIpc) is 4.16. The molecule has 0 radical (unpaired) electrons. The summed E-state index contributed by atoms with van der Waals surface area (Å²) in [6.45, 7) is 4.79. The van der Waals surface area contributed by atoms with E-state index in [0.29, 0.717) is 0 Å². The second-order valence-corrected chi connectivity index (χ2v) is 20.1. The summed E-state index contributed by atoms with van der Waals surface area (Å²) >= 11 is 0. The Morgan fingerprint density at radius 2 is 0.616 bits per heavy atom. The third-order valence-electron chi connectivity index (χ3n) is 15.8. The second kappa shape index (κ2) is 15.8. The van der Waals surface area contributed by atoms with Crippen LogP contribution in [0.15, 0.2) is 255 Å². The van der Waals surface area contributed by atoms with Gasteiger partial charge in [-0.2, -0.15) is 0 Å². The summed E-state index contributed by atoms with van der Waals surface area (Å²) in [5.41, 5.74) is 21.4. The maximum Gasteiger partial charge on any atom is 0.0541 e. The summed E-state index contributed by atoms with van der Waals surface area (Å²) in [7, 11) is 0. The van der Waals surface area contributed by atoms with E-state index in [4.69, 9.17) is 0 Å². The van der Waals surface area contributed by atoms with E-state index in [1.54, 1.807) is 0 Å². The lowest BCUT2D eigenvalue weighted by Crippen LogP contribution is -2.16. The molecule has 0 aliphatic heterocycles. The summed E-state index contributed by atoms with van der Waals surface area (Å²) in [6.07, 6.45) is 0. The minimum Gasteiger partial charge on any atom is -0.310 e. The predicted octanol–water partition coefficient (Wildman–Crippen LogP) is 18.4. The van der Waals surface area contributed by atoms with Crippen LogP contribution in [0.4, 0.5) is 17.1 Å². The van der Waals surface area contributed by atoms with Crippen LogP contribution >= 0.6 is 0 Å². The van der Waals surface area contributed by atoms with Crippen molar-refractivity contribution in [1.82, 2.24) is 13.7 Å². The molecule has 3 aromatic heterocycles. The number of nitrogens with zero attached hydrogens (tertiary/aromatic N) is 4. The van der Waals surface area contributed by atoms with Crippen LogP contribution in [0.2, 0.25) is 0 Å². The van der Waals surface area contributed by atoms with Gasteiger partial charge in [-0.3, -0.25) is 0 Å². The van der Waals surface area contributed by atoms with E-state index < -0.39 is 0 Å². The highest BCUT2D eigenvalue weighted by molar-refractivity contribution is 6.12. The van der Waals surface area contributed by atoms with Gasteiger partial charge in [0.15, 0.2) is 0 Å². The smallest absolute Gasteiger partial charge is 0.0541 e. The molecule has 0 saturated heterocycles. The van der Waals surface area contributed by atoms with E-state index in [0.717, 1.165) is 28.4 Å². The van der Waals surface area contributed by atoms with Gasteiger partial charge in [0.05, 0.1) is 33.1 Å². The molecule has 0 unspecified atom stereocenters. The summed E-state index contributed by atoms with van der Waals surface area (Å²) in [5, 5.41) is 7.56. The molecular weight excluding hydrogens is 885 g/mol. The van der Waals surface area contributed by atoms with E-state index >= 15 is 0 Å². The van der Waals surface area contributed by atoms with Crippen molar-refractivity contribution in [2.75, 3.05) is 4.90 Å². The fourth-order valence-corrected chi connectivity index (χ4v) is 12.4. The Morgan fingerprint density at radius 1 is 0.274 bits per heavy atom. The van der Waals surface area contributed by atoms with E-state index in [1.807, 2.05) is 0 Å². The molecule has 1 aliphatic rings. The van der Waals surface area contributed by atoms with Crippen molar-refractivity contribution in [3.05, 3.63) is 266 Å². The highest BCUT2D eigenvalue weighted by Crippen LogP contribution is 2.52. The van der Waals surface area contributed by atoms with Crippen LogP contribution in [0.3, 0.4) is 0 Å². The van der Waals surface area contributed by atoms with E-state index in [1.165, 1.54) is 104 Å². The molecule has 344 valence electrons. The molecule has 4 nitrogen and oxygen atoms in total. The molecule has 14 aromatic rings. The lowest BCUT2D eigenvalue weighted by molar-refractivity contribution is 0.660. The third kappa shape index (κ3) is 6.20. The summed E-state index contributed by atoms with van der Waals surface area (Å²) in [5.74, 6) is 0. The highest BCUT2D eigenvalue weighted by Gasteiger charge is 2.36. The van der Waals surface area contributed by atoms with Crippen LogP contribution in [0, 0.1) is 0 Å². The Hall–Kier alpha value is -9.38. The maximum atomic E-state index is 2.45. The Kier molecular flexibility index (Phi) is 8.97. The Morgan fingerprint density at radius 3 is 1.10 bits per heavy atom. The first kappa shape index (κ1) is 41.4. The number of rotatable bonds is 7. The van der Waals surface area contributed by atoms with Crippen molar-refractivity contribution in [2.24, 2.45) is 0 Å². The first-order valence-electron chi connectivity index (χ1n) is 25.3. The molecule has 0 spiro atoms. The van der Waals surface area contributed by atoms with E-state index in [-0.39, 0.29) is 5.41 Å². The van der Waals surface area contributed by atoms with Gasteiger partial charge >= 0.3 is 0 Å². The fraction of sp³-hybridized carbons (Fsp3) is 0.0435. The normalized spacial score (nSPS) is 12.9. The maximum absolute atomic E-state index is 2.45. The monoisotopic (exact) mass is 932 g/mol. The van der Waals surface area contributed by atoms with Crippen LogP contribution in [0.25, 0.3) is 105 Å². The van der Waals surface area contributed by atoms with Gasteiger partial charge < -0.3 is 18.6 Å². The molecule has 1 aliphatic carbocycles. The molecule has 0 bridgehead atoms. The number of hydrogen-bond acceptors (Lipinski definition) is 1. The average molecular weight is 933 g/mol. The van der Waals surface area contributed by atoms with Crippen molar-refractivity contribution in [3.63, 3.8) is 0 Å². The van der Waals surface area contributed by atoms with Gasteiger partial charge in [0.2, 0.25) is 0 Å². The molecule has 0 N–H and O–H groups in total. The number of anilines is 3. The van der Waals surface area contributed by atoms with Crippen LogP contribution in [0.5, 0.6) is 0 Å². The summed E-state index contributed by atoms with van der Waals surface area (Å²) in [4.78, 5) is 2.43. The van der Waals surface area contributed by atoms with E-state index in [2.05, 4.69) is 287 Å². The Bertz CT molecular complexity index is 4250. The number of benzene rings is 11. The van der Waals surface area contributed by atoms with Crippen LogP contribution in [0.1, 0.15) is 25.0 Å². The van der Waals surface area contributed by atoms with Crippen molar-refractivity contribution in [1.29, 1.82) is 0 Å². The molecule has 0 atom stereocenters. The molecule has 11 aromatic carbocycles. The van der Waals surface area contributed by atoms with Gasteiger partial charge in [-0.25, -0.2) is 0 Å². The minimum atomic E-state index is -0.253. The van der Waals surface area contributed by atoms with Gasteiger partial charge in [0, 0.05) is 71.9 Å². The van der Waals surface area contributed by atoms with Crippen LogP contribution in [-0.4, -0.2) is 13.7 Å². The topological polar surface area (TPSA) is 18.0 Å². The van der Waals surface area contributed by atoms with Crippen LogP contribution in [-0.2, 0) is 5.41 Å². The molecule has 3 heterocycles. The van der Waals surface area contributed by atoms with Crippen molar-refractivity contribution < 1.29 is 0 Å². The predicted molar refractivity (Wildman–Crippen MR) is 307 cm³/mol. The zero-order chi connectivity index (χ0) is 48.4. The van der Waals surface area contributed by atoms with Gasteiger partial charge in [0.1, 0.15) is 0 Å². The first-order valence-corrected chi connectivity index (χ1v) is 25.3. The number of aromatic nitrogens is 3. The van der Waals surface area contributed by atoms with Crippen molar-refractivity contribution in [3.8, 4) is 39.3 Å². The van der Waals surface area contributed by atoms with Gasteiger partial charge in [-0.1, -0.05) is 147 Å². The molecule has 0 amide bonds. The van der Waals surface area contributed by atoms with Gasteiger partial charge in [0.25, 0.3) is 0 Å². The summed E-state index contributed by atoms with van der Waals surface area (Å²) in [6, 6.07) is 93.9. The number of para-hydroxylation sites is 6. The highest BCUT2D eigenvalue weighted by atomic mass is 15.1. The third-order valence-corrected chi connectivity index (χ3v) is 15.8. The fourth-order valence-electron chi connectivity index (χ4n) is 12.4. The standard InChI is InChI=1S/C69H48N4/c1-69(2)61-43-46(45-29-41-68-60(42-45)59-22-10-15-27-67(59)71(68)47-16-4-3-5-17-47)28-39-53(61)54-40-38-52(44-62(54)69)70(48-30-34-50(35-31-48)72-63-23-11-6-18-55(63)56-19-7-12-24-64(56)72)49-32-36-51(37-33-49)73-65-25-13-8-20-57(65)58-21-9-14-26-66(58)73/h3-44H,1-2H3. The Balaban J connectivity index is 0.840. The lowest BCUT2D eigenvalue weighted by atomic mass is 9.81. The first-order chi connectivity index (χ1) is 36.0. The van der Waals surface area contributed by atoms with Crippen molar-refractivity contribution >= 4 is 82.5 Å². The molecule has 0 saturated carbocycles. The molecule has 0 fully saturated rings. The van der Waals surface area contributed by atoms with Gasteiger partial charge in [-0.15, -0.1) is 0 Å². The molecule has 73 heavy (non-hydrogen) atoms. The van der Waals surface area contributed by atoms with Gasteiger partial charge in [-0.05, 0) is 155 Å². The SMILES string of the molecule is CC1(C)c2cc(-c3ccc4c(c3)c3ccccc3n4-c3ccccc3)ccc2-c2ccc(N(c3ccc(-n4c5ccccc5c5ccccc54)cc3)c3ccc(-n4c5ccccc5c5ccccc54)cc3)cc21. The van der Waals surface area contributed by atoms with E-state index in [9.17, 15) is 0 Å². The second-order valence-electron chi connectivity index (χ2n) is 20.1. The molecule has 15 rings (SSSR count). The zero-order valence-electron chi connectivity index (χ0n) is 40.5. The number of fused-ring (bicyclic) bond motifs is 12. The summed E-state index contributed by atoms with van der Waals surface area (Å²) < 4.78 is 7.17. The zero-order valence-corrected chi connectivity index (χ0v) is 40.5.